The zero-order chi connectivity index (χ0) is 14.2. The van der Waals surface area contributed by atoms with E-state index in [1.165, 1.54) is 6.42 Å². The van der Waals surface area contributed by atoms with Crippen molar-refractivity contribution in [2.24, 2.45) is 0 Å². The van der Waals surface area contributed by atoms with Crippen molar-refractivity contribution in [3.8, 4) is 0 Å². The maximum Gasteiger partial charge on any atom is 0.0537 e. The lowest BCUT2D eigenvalue weighted by atomic mass is 10.5. The van der Waals surface area contributed by atoms with Gasteiger partial charge in [-0.05, 0) is 6.42 Å². The Balaban J connectivity index is 0. The van der Waals surface area contributed by atoms with Gasteiger partial charge in [0.1, 0.15) is 0 Å². The van der Waals surface area contributed by atoms with Gasteiger partial charge in [-0.3, -0.25) is 0 Å². The van der Waals surface area contributed by atoms with E-state index >= 15 is 0 Å². The zero-order valence-electron chi connectivity index (χ0n) is 10.8. The van der Waals surface area contributed by atoms with Gasteiger partial charge in [-0.25, -0.2) is 0 Å². The fourth-order valence-electron chi connectivity index (χ4n) is 0.858. The summed E-state index contributed by atoms with van der Waals surface area (Å²) >= 11 is 24.6. The van der Waals surface area contributed by atoms with Crippen molar-refractivity contribution < 1.29 is 0 Å². The Morgan fingerprint density at radius 1 is 0.667 bits per heavy atom. The van der Waals surface area contributed by atoms with E-state index in [1.54, 1.807) is 0 Å². The third-order valence-corrected chi connectivity index (χ3v) is 7.70. The Morgan fingerprint density at radius 2 is 0.889 bits per heavy atom. The molecule has 0 aliphatic rings. The van der Waals surface area contributed by atoms with E-state index in [-0.39, 0.29) is 0 Å². The molecule has 0 nitrogen and oxygen atoms in total. The molecule has 0 aromatic heterocycles. The molecule has 18 heavy (non-hydrogen) atoms. The predicted octanol–water partition coefficient (Wildman–Crippen LogP) is 5.93. The Hall–Kier alpha value is 2.80. The van der Waals surface area contributed by atoms with Crippen LogP contribution in [0.2, 0.25) is 0 Å². The van der Waals surface area contributed by atoms with Gasteiger partial charge in [0.15, 0.2) is 0 Å². The van der Waals surface area contributed by atoms with E-state index in [0.717, 1.165) is 26.8 Å². The summed E-state index contributed by atoms with van der Waals surface area (Å²) in [6, 6.07) is 0. The van der Waals surface area contributed by atoms with Gasteiger partial charge in [0.2, 0.25) is 0 Å². The molecule has 0 spiro atoms. The highest BCUT2D eigenvalue weighted by atomic mass is 32.2. The van der Waals surface area contributed by atoms with Crippen LogP contribution in [0.5, 0.6) is 0 Å². The van der Waals surface area contributed by atoms with Gasteiger partial charge in [0.05, 0.1) is 9.16 Å². The highest BCUT2D eigenvalue weighted by Gasteiger charge is 2.16. The SMILES string of the molecule is CCC.SCSC(CC(SCS)SCS)SCS. The highest BCUT2D eigenvalue weighted by molar-refractivity contribution is 8.24. The standard InChI is InChI=1S/C7H16S8.C3H8/c8-2-12-6(13-3-9)1-7(14-4-10)15-5-11;1-3-2/h6-11H,1-5H2;3H2,1-2H3. The van der Waals surface area contributed by atoms with Crippen molar-refractivity contribution in [1.29, 1.82) is 0 Å². The van der Waals surface area contributed by atoms with Crippen molar-refractivity contribution in [1.82, 2.24) is 0 Å². The monoisotopic (exact) mass is 400 g/mol. The van der Waals surface area contributed by atoms with Gasteiger partial charge in [-0.2, -0.15) is 50.5 Å². The van der Waals surface area contributed by atoms with Gasteiger partial charge in [0.25, 0.3) is 0 Å². The van der Waals surface area contributed by atoms with E-state index < -0.39 is 0 Å². The van der Waals surface area contributed by atoms with Crippen LogP contribution in [0.1, 0.15) is 26.7 Å². The van der Waals surface area contributed by atoms with E-state index in [2.05, 4.69) is 64.4 Å². The summed E-state index contributed by atoms with van der Waals surface area (Å²) < 4.78 is 1.18. The largest absolute Gasteiger partial charge is 0.168 e. The first kappa shape index (κ1) is 23.1. The molecule has 0 aromatic rings. The molecule has 0 bridgehead atoms. The van der Waals surface area contributed by atoms with Crippen LogP contribution in [0.25, 0.3) is 0 Å². The lowest BCUT2D eigenvalue weighted by molar-refractivity contribution is 1.03. The molecule has 0 saturated carbocycles. The average molecular weight is 401 g/mol. The molecule has 0 saturated heterocycles. The van der Waals surface area contributed by atoms with Crippen LogP contribution in [-0.2, 0) is 0 Å². The van der Waals surface area contributed by atoms with Crippen LogP contribution in [0.3, 0.4) is 0 Å². The molecule has 0 heterocycles. The summed E-state index contributed by atoms with van der Waals surface area (Å²) in [4.78, 5) is 0. The molecule has 112 valence electrons. The molecule has 8 heteroatoms. The van der Waals surface area contributed by atoms with Crippen molar-refractivity contribution in [3.63, 3.8) is 0 Å². The zero-order valence-corrected chi connectivity index (χ0v) is 17.7. The lowest BCUT2D eigenvalue weighted by Gasteiger charge is -2.20. The number of rotatable bonds is 10. The maximum absolute atomic E-state index is 4.26. The topological polar surface area (TPSA) is 0 Å². The first-order valence-electron chi connectivity index (χ1n) is 5.59. The smallest absolute Gasteiger partial charge is 0.0537 e. The molecule has 0 fully saturated rings. The molecule has 0 amide bonds. The lowest BCUT2D eigenvalue weighted by Crippen LogP contribution is -2.08. The maximum atomic E-state index is 4.26. The second-order valence-electron chi connectivity index (χ2n) is 2.98. The number of hydrogen-bond acceptors (Lipinski definition) is 8. The molecular formula is C10H24S8. The fourth-order valence-corrected chi connectivity index (χ4v) is 8.28. The average Bonchev–Trinajstić information content (AvgIpc) is 2.31. The fraction of sp³-hybridized carbons (Fsp3) is 1.00. The van der Waals surface area contributed by atoms with E-state index in [4.69, 9.17) is 0 Å². The second kappa shape index (κ2) is 19.8. The minimum absolute atomic E-state index is 0.588. The second-order valence-corrected chi connectivity index (χ2v) is 11.3. The summed E-state index contributed by atoms with van der Waals surface area (Å²) in [5, 5.41) is 3.48. The predicted molar refractivity (Wildman–Crippen MR) is 114 cm³/mol. The molecule has 0 aromatic carbocycles. The van der Waals surface area contributed by atoms with E-state index in [0.29, 0.717) is 9.16 Å². The summed E-state index contributed by atoms with van der Waals surface area (Å²) in [7, 11) is 0. The third-order valence-electron chi connectivity index (χ3n) is 1.43. The molecule has 0 N–H and O–H groups in total. The third kappa shape index (κ3) is 16.9. The highest BCUT2D eigenvalue weighted by Crippen LogP contribution is 2.37. The van der Waals surface area contributed by atoms with E-state index in [9.17, 15) is 0 Å². The summed E-state index contributed by atoms with van der Waals surface area (Å²) in [6.07, 6.45) is 2.41. The quantitative estimate of drug-likeness (QED) is 0.265. The molecule has 0 aliphatic carbocycles. The van der Waals surface area contributed by atoms with Crippen LogP contribution >= 0.6 is 97.6 Å². The van der Waals surface area contributed by atoms with Crippen LogP contribution < -0.4 is 0 Å². The normalized spacial score (nSPS) is 10.7. The van der Waals surface area contributed by atoms with Crippen LogP contribution in [0.15, 0.2) is 0 Å². The number of hydrogen-bond donors (Lipinski definition) is 4. The summed E-state index contributed by atoms with van der Waals surface area (Å²) in [5.74, 6) is 0. The first-order valence-corrected chi connectivity index (χ1v) is 12.3. The Morgan fingerprint density at radius 3 is 1.06 bits per heavy atom. The summed E-state index contributed by atoms with van der Waals surface area (Å²) in [5.41, 5.74) is 0. The Kier molecular flexibility index (Phi) is 25.4. The number of thiol groups is 4. The Bertz CT molecular complexity index is 120. The summed E-state index contributed by atoms with van der Waals surface area (Å²) in [6.45, 7) is 4.25. The first-order chi connectivity index (χ1) is 8.69. The Labute approximate surface area is 152 Å². The number of thioether (sulfide) groups is 4. The van der Waals surface area contributed by atoms with Crippen molar-refractivity contribution in [2.45, 2.75) is 35.9 Å². The molecule has 0 aliphatic heterocycles. The van der Waals surface area contributed by atoms with Gasteiger partial charge >= 0.3 is 0 Å². The minimum Gasteiger partial charge on any atom is -0.168 e. The molecule has 0 radical (unpaired) electrons. The molecule has 0 atom stereocenters. The van der Waals surface area contributed by atoms with Crippen molar-refractivity contribution >= 4 is 97.6 Å². The van der Waals surface area contributed by atoms with Crippen LogP contribution in [0.4, 0.5) is 0 Å². The van der Waals surface area contributed by atoms with Gasteiger partial charge in [-0.15, -0.1) is 47.0 Å². The minimum atomic E-state index is 0.588. The van der Waals surface area contributed by atoms with Crippen molar-refractivity contribution in [2.75, 3.05) is 20.3 Å². The van der Waals surface area contributed by atoms with Crippen LogP contribution in [-0.4, -0.2) is 29.5 Å². The van der Waals surface area contributed by atoms with E-state index in [1.807, 2.05) is 47.0 Å². The van der Waals surface area contributed by atoms with Gasteiger partial charge in [0, 0.05) is 20.3 Å². The molecule has 0 unspecified atom stereocenters. The molecular weight excluding hydrogens is 377 g/mol. The van der Waals surface area contributed by atoms with Crippen molar-refractivity contribution in [3.05, 3.63) is 0 Å². The van der Waals surface area contributed by atoms with Gasteiger partial charge in [-0.1, -0.05) is 20.3 Å². The van der Waals surface area contributed by atoms with Gasteiger partial charge < -0.3 is 0 Å². The molecule has 0 rings (SSSR count). The van der Waals surface area contributed by atoms with Crippen LogP contribution in [0, 0.1) is 0 Å².